The van der Waals surface area contributed by atoms with Gasteiger partial charge in [0.05, 0.1) is 5.69 Å². The van der Waals surface area contributed by atoms with E-state index in [-0.39, 0.29) is 10.6 Å². The predicted molar refractivity (Wildman–Crippen MR) is 80.4 cm³/mol. The number of nitrogens with zero attached hydrogens (tertiary/aromatic N) is 2. The average molecular weight is 316 g/mol. The quantitative estimate of drug-likeness (QED) is 0.704. The first kappa shape index (κ1) is 17.6. The van der Waals surface area contributed by atoms with E-state index >= 15 is 0 Å². The minimum absolute atomic E-state index is 0.111. The molecule has 8 heteroatoms. The van der Waals surface area contributed by atoms with Gasteiger partial charge in [-0.3, -0.25) is 9.89 Å². The minimum atomic E-state index is -3.99. The van der Waals surface area contributed by atoms with E-state index in [1.807, 2.05) is 6.92 Å². The second-order valence-electron chi connectivity index (χ2n) is 5.11. The Hall–Kier alpha value is -1.41. The molecular weight excluding hydrogens is 292 g/mol. The van der Waals surface area contributed by atoms with Gasteiger partial charge in [-0.25, -0.2) is 13.6 Å². The zero-order valence-electron chi connectivity index (χ0n) is 12.8. The van der Waals surface area contributed by atoms with Crippen molar-refractivity contribution in [3.63, 3.8) is 0 Å². The molecule has 0 saturated heterocycles. The number of unbranched alkanes of at least 4 members (excludes halogenated alkanes) is 2. The van der Waals surface area contributed by atoms with Crippen molar-refractivity contribution in [1.29, 1.82) is 0 Å². The summed E-state index contributed by atoms with van der Waals surface area (Å²) >= 11 is 0. The van der Waals surface area contributed by atoms with E-state index in [9.17, 15) is 13.2 Å². The molecule has 0 bridgehead atoms. The Labute approximate surface area is 126 Å². The fraction of sp³-hybridized carbons (Fsp3) is 0.692. The molecule has 1 heterocycles. The lowest BCUT2D eigenvalue weighted by Crippen LogP contribution is -2.30. The molecule has 1 aromatic heterocycles. The van der Waals surface area contributed by atoms with Crippen molar-refractivity contribution in [3.8, 4) is 0 Å². The third-order valence-electron chi connectivity index (χ3n) is 3.22. The number of aryl methyl sites for hydroxylation is 1. The Morgan fingerprint density at radius 3 is 2.48 bits per heavy atom. The lowest BCUT2D eigenvalue weighted by molar-refractivity contribution is 0.0783. The summed E-state index contributed by atoms with van der Waals surface area (Å²) in [4.78, 5) is 13.7. The Morgan fingerprint density at radius 1 is 1.29 bits per heavy atom. The number of hydrogen-bond donors (Lipinski definition) is 2. The first-order chi connectivity index (χ1) is 9.82. The molecule has 0 spiro atoms. The van der Waals surface area contributed by atoms with Gasteiger partial charge in [0.1, 0.15) is 4.90 Å². The van der Waals surface area contributed by atoms with Crippen LogP contribution in [0.3, 0.4) is 0 Å². The first-order valence-electron chi connectivity index (χ1n) is 7.18. The standard InChI is InChI=1S/C13H24N4O3S/c1-4-6-7-9-17(3)13(18)11-12(21(14,19)20)10(8-5-2)15-16-11/h4-9H2,1-3H3,(H,15,16)(H2,14,19,20). The van der Waals surface area contributed by atoms with Crippen LogP contribution in [0.5, 0.6) is 0 Å². The average Bonchev–Trinajstić information content (AvgIpc) is 2.82. The summed E-state index contributed by atoms with van der Waals surface area (Å²) < 4.78 is 23.5. The highest BCUT2D eigenvalue weighted by Crippen LogP contribution is 2.19. The maximum atomic E-state index is 12.3. The van der Waals surface area contributed by atoms with Crippen LogP contribution in [0.4, 0.5) is 0 Å². The highest BCUT2D eigenvalue weighted by molar-refractivity contribution is 7.89. The summed E-state index contributed by atoms with van der Waals surface area (Å²) in [6.07, 6.45) is 4.14. The van der Waals surface area contributed by atoms with Crippen LogP contribution in [-0.4, -0.2) is 43.0 Å². The summed E-state index contributed by atoms with van der Waals surface area (Å²) in [5, 5.41) is 11.7. The number of aromatic amines is 1. The van der Waals surface area contributed by atoms with Crippen LogP contribution in [0.1, 0.15) is 55.7 Å². The van der Waals surface area contributed by atoms with E-state index in [0.29, 0.717) is 18.7 Å². The van der Waals surface area contributed by atoms with Gasteiger partial charge >= 0.3 is 0 Å². The van der Waals surface area contributed by atoms with Gasteiger partial charge in [0.25, 0.3) is 5.91 Å². The number of carbonyl (C=O) groups excluding carboxylic acids is 1. The molecule has 7 nitrogen and oxygen atoms in total. The maximum absolute atomic E-state index is 12.3. The fourth-order valence-electron chi connectivity index (χ4n) is 2.12. The second kappa shape index (κ2) is 7.56. The van der Waals surface area contributed by atoms with Crippen molar-refractivity contribution in [1.82, 2.24) is 15.1 Å². The molecule has 0 fully saturated rings. The highest BCUT2D eigenvalue weighted by Gasteiger charge is 2.28. The number of hydrogen-bond acceptors (Lipinski definition) is 4. The summed E-state index contributed by atoms with van der Waals surface area (Å²) in [6.45, 7) is 4.55. The normalized spacial score (nSPS) is 11.6. The Morgan fingerprint density at radius 2 is 1.95 bits per heavy atom. The molecule has 0 aliphatic rings. The van der Waals surface area contributed by atoms with Crippen molar-refractivity contribution < 1.29 is 13.2 Å². The van der Waals surface area contributed by atoms with E-state index in [2.05, 4.69) is 17.1 Å². The number of rotatable bonds is 8. The number of primary sulfonamides is 1. The Kier molecular flexibility index (Phi) is 6.35. The molecule has 0 aromatic carbocycles. The molecule has 0 aliphatic carbocycles. The lowest BCUT2D eigenvalue weighted by atomic mass is 10.2. The van der Waals surface area contributed by atoms with Crippen molar-refractivity contribution in [2.24, 2.45) is 5.14 Å². The van der Waals surface area contributed by atoms with Crippen LogP contribution in [0.15, 0.2) is 4.90 Å². The van der Waals surface area contributed by atoms with Crippen molar-refractivity contribution in [2.75, 3.05) is 13.6 Å². The molecule has 0 saturated carbocycles. The van der Waals surface area contributed by atoms with Crippen LogP contribution < -0.4 is 5.14 Å². The summed E-state index contributed by atoms with van der Waals surface area (Å²) in [7, 11) is -2.35. The molecule has 1 rings (SSSR count). The van der Waals surface area contributed by atoms with Gasteiger partial charge in [0.2, 0.25) is 10.0 Å². The SMILES string of the molecule is CCCCCN(C)C(=O)c1n[nH]c(CCC)c1S(N)(=O)=O. The van der Waals surface area contributed by atoms with E-state index in [0.717, 1.165) is 25.7 Å². The number of sulfonamides is 1. The maximum Gasteiger partial charge on any atom is 0.275 e. The van der Waals surface area contributed by atoms with E-state index in [1.165, 1.54) is 4.90 Å². The second-order valence-corrected chi connectivity index (χ2v) is 6.61. The fourth-order valence-corrected chi connectivity index (χ4v) is 3.01. The highest BCUT2D eigenvalue weighted by atomic mass is 32.2. The monoisotopic (exact) mass is 316 g/mol. The largest absolute Gasteiger partial charge is 0.340 e. The van der Waals surface area contributed by atoms with Gasteiger partial charge in [-0.2, -0.15) is 5.10 Å². The molecule has 3 N–H and O–H groups in total. The summed E-state index contributed by atoms with van der Waals surface area (Å²) in [5.74, 6) is -0.422. The molecular formula is C13H24N4O3S. The molecule has 0 atom stereocenters. The Bertz CT molecular complexity index is 580. The van der Waals surface area contributed by atoms with Gasteiger partial charge in [-0.15, -0.1) is 0 Å². The number of nitrogens with two attached hydrogens (primary N) is 1. The smallest absolute Gasteiger partial charge is 0.275 e. The third kappa shape index (κ3) is 4.53. The Balaban J connectivity index is 3.04. The number of aromatic nitrogens is 2. The number of amides is 1. The molecule has 0 unspecified atom stereocenters. The molecule has 1 amide bonds. The van der Waals surface area contributed by atoms with Gasteiger partial charge in [-0.1, -0.05) is 33.1 Å². The predicted octanol–water partition coefficient (Wildman–Crippen LogP) is 1.27. The van der Waals surface area contributed by atoms with Crippen LogP contribution in [0, 0.1) is 0 Å². The number of nitrogens with one attached hydrogen (secondary N) is 1. The first-order valence-corrected chi connectivity index (χ1v) is 8.73. The number of carbonyl (C=O) groups is 1. The summed E-state index contributed by atoms with van der Waals surface area (Å²) in [6, 6.07) is 0. The van der Waals surface area contributed by atoms with Crippen molar-refractivity contribution in [2.45, 2.75) is 50.8 Å². The van der Waals surface area contributed by atoms with Gasteiger partial charge in [0, 0.05) is 13.6 Å². The van der Waals surface area contributed by atoms with Gasteiger partial charge < -0.3 is 4.90 Å². The minimum Gasteiger partial charge on any atom is -0.340 e. The van der Waals surface area contributed by atoms with Gasteiger partial charge in [-0.05, 0) is 12.8 Å². The van der Waals surface area contributed by atoms with E-state index in [1.54, 1.807) is 7.05 Å². The van der Waals surface area contributed by atoms with Crippen LogP contribution in [0.25, 0.3) is 0 Å². The van der Waals surface area contributed by atoms with Gasteiger partial charge in [0.15, 0.2) is 5.69 Å². The molecule has 1 aromatic rings. The zero-order chi connectivity index (χ0) is 16.0. The van der Waals surface area contributed by atoms with Crippen LogP contribution in [0.2, 0.25) is 0 Å². The molecule has 0 radical (unpaired) electrons. The topological polar surface area (TPSA) is 109 Å². The van der Waals surface area contributed by atoms with Crippen molar-refractivity contribution >= 4 is 15.9 Å². The van der Waals surface area contributed by atoms with Crippen molar-refractivity contribution in [3.05, 3.63) is 11.4 Å². The third-order valence-corrected chi connectivity index (χ3v) is 4.23. The molecule has 120 valence electrons. The lowest BCUT2D eigenvalue weighted by Gasteiger charge is -2.16. The summed E-state index contributed by atoms with van der Waals surface area (Å²) in [5.41, 5.74) is 0.283. The van der Waals surface area contributed by atoms with Crippen LogP contribution >= 0.6 is 0 Å². The zero-order valence-corrected chi connectivity index (χ0v) is 13.7. The molecule has 21 heavy (non-hydrogen) atoms. The van der Waals surface area contributed by atoms with E-state index < -0.39 is 15.9 Å². The van der Waals surface area contributed by atoms with Crippen LogP contribution in [-0.2, 0) is 16.4 Å². The molecule has 0 aliphatic heterocycles. The number of H-pyrrole nitrogens is 1. The van der Waals surface area contributed by atoms with E-state index in [4.69, 9.17) is 5.14 Å².